The Labute approximate surface area is 162 Å². The van der Waals surface area contributed by atoms with Gasteiger partial charge in [-0.15, -0.1) is 0 Å². The summed E-state index contributed by atoms with van der Waals surface area (Å²) in [4.78, 5) is 0. The smallest absolute Gasteiger partial charge is 1.00 e. The SMILES string of the molecule is CCCCCCCCCCCCOS(=O)(=O)O.[H-].[Rb+]. The van der Waals surface area contributed by atoms with Gasteiger partial charge in [-0.3, -0.25) is 4.55 Å². The van der Waals surface area contributed by atoms with Crippen LogP contribution in [0.1, 0.15) is 72.6 Å². The maximum Gasteiger partial charge on any atom is 1.00 e. The van der Waals surface area contributed by atoms with Crippen LogP contribution in [0.25, 0.3) is 0 Å². The Balaban J connectivity index is -0.00000128. The molecule has 6 heteroatoms. The molecule has 0 spiro atoms. The van der Waals surface area contributed by atoms with Crippen LogP contribution in [-0.4, -0.2) is 19.6 Å². The fraction of sp³-hybridized carbons (Fsp3) is 1.00. The van der Waals surface area contributed by atoms with Crippen molar-refractivity contribution in [3.8, 4) is 0 Å². The first-order chi connectivity index (χ1) is 8.06. The third-order valence-corrected chi connectivity index (χ3v) is 3.19. The van der Waals surface area contributed by atoms with Crippen molar-refractivity contribution in [3.05, 3.63) is 0 Å². The van der Waals surface area contributed by atoms with E-state index in [1.54, 1.807) is 0 Å². The Bertz CT molecular complexity index is 260. The summed E-state index contributed by atoms with van der Waals surface area (Å²) in [6.07, 6.45) is 11.9. The predicted octanol–water partition coefficient (Wildman–Crippen LogP) is 0.843. The van der Waals surface area contributed by atoms with E-state index in [0.717, 1.165) is 12.8 Å². The van der Waals surface area contributed by atoms with Gasteiger partial charge in [0, 0.05) is 0 Å². The van der Waals surface area contributed by atoms with E-state index < -0.39 is 10.4 Å². The number of rotatable bonds is 12. The fourth-order valence-corrected chi connectivity index (χ4v) is 2.08. The Morgan fingerprint density at radius 1 is 0.889 bits per heavy atom. The molecule has 0 fully saturated rings. The molecule has 0 aliphatic heterocycles. The summed E-state index contributed by atoms with van der Waals surface area (Å²) < 4.78 is 33.0. The Kier molecular flexibility index (Phi) is 18.4. The molecule has 0 amide bonds. The van der Waals surface area contributed by atoms with Crippen molar-refractivity contribution in [1.29, 1.82) is 0 Å². The predicted molar refractivity (Wildman–Crippen MR) is 70.5 cm³/mol. The minimum atomic E-state index is -4.23. The van der Waals surface area contributed by atoms with Crippen LogP contribution in [0.15, 0.2) is 0 Å². The van der Waals surface area contributed by atoms with Gasteiger partial charge in [-0.05, 0) is 6.42 Å². The zero-order valence-electron chi connectivity index (χ0n) is 12.9. The van der Waals surface area contributed by atoms with Crippen LogP contribution in [0.5, 0.6) is 0 Å². The van der Waals surface area contributed by atoms with Crippen molar-refractivity contribution < 1.29 is 76.8 Å². The minimum Gasteiger partial charge on any atom is -1.00 e. The van der Waals surface area contributed by atoms with E-state index in [0.29, 0.717) is 6.42 Å². The van der Waals surface area contributed by atoms with Crippen LogP contribution >= 0.6 is 0 Å². The second-order valence-corrected chi connectivity index (χ2v) is 5.52. The molecular weight excluding hydrogens is 326 g/mol. The summed E-state index contributed by atoms with van der Waals surface area (Å²) in [7, 11) is -4.23. The van der Waals surface area contributed by atoms with Crippen molar-refractivity contribution in [2.24, 2.45) is 0 Å². The second-order valence-electron chi connectivity index (χ2n) is 4.43. The van der Waals surface area contributed by atoms with Gasteiger partial charge in [0.25, 0.3) is 0 Å². The quantitative estimate of drug-likeness (QED) is 0.417. The van der Waals surface area contributed by atoms with Gasteiger partial charge in [0.15, 0.2) is 0 Å². The molecule has 0 saturated carbocycles. The molecule has 0 unspecified atom stereocenters. The van der Waals surface area contributed by atoms with E-state index in [2.05, 4.69) is 11.1 Å². The monoisotopic (exact) mass is 352 g/mol. The Morgan fingerprint density at radius 2 is 1.28 bits per heavy atom. The Morgan fingerprint density at radius 3 is 1.67 bits per heavy atom. The van der Waals surface area contributed by atoms with E-state index in [-0.39, 0.29) is 66.2 Å². The first-order valence-electron chi connectivity index (χ1n) is 6.68. The summed E-state index contributed by atoms with van der Waals surface area (Å²) in [6.45, 7) is 2.31. The number of hydrogen-bond acceptors (Lipinski definition) is 3. The molecular formula is C12H27O4RbS. The first-order valence-corrected chi connectivity index (χ1v) is 8.04. The molecule has 0 heterocycles. The minimum absolute atomic E-state index is 0. The summed E-state index contributed by atoms with van der Waals surface area (Å²) in [5.74, 6) is 0. The van der Waals surface area contributed by atoms with Crippen LogP contribution in [0.4, 0.5) is 0 Å². The maximum atomic E-state index is 10.2. The molecule has 0 aliphatic carbocycles. The zero-order chi connectivity index (χ0) is 13.0. The average molecular weight is 353 g/mol. The van der Waals surface area contributed by atoms with Gasteiger partial charge in [0.2, 0.25) is 0 Å². The van der Waals surface area contributed by atoms with Gasteiger partial charge in [0.05, 0.1) is 6.61 Å². The van der Waals surface area contributed by atoms with Crippen LogP contribution in [0, 0.1) is 0 Å². The van der Waals surface area contributed by atoms with Crippen LogP contribution < -0.4 is 58.2 Å². The summed E-state index contributed by atoms with van der Waals surface area (Å²) in [5.41, 5.74) is 0. The molecule has 0 radical (unpaired) electrons. The molecule has 4 nitrogen and oxygen atoms in total. The maximum absolute atomic E-state index is 10.2. The summed E-state index contributed by atoms with van der Waals surface area (Å²) >= 11 is 0. The summed E-state index contributed by atoms with van der Waals surface area (Å²) in [5, 5.41) is 0. The molecule has 18 heavy (non-hydrogen) atoms. The molecule has 106 valence electrons. The topological polar surface area (TPSA) is 63.6 Å². The number of hydrogen-bond donors (Lipinski definition) is 1. The molecule has 0 aliphatic rings. The van der Waals surface area contributed by atoms with Gasteiger partial charge < -0.3 is 1.43 Å². The summed E-state index contributed by atoms with van der Waals surface area (Å²) in [6, 6.07) is 0. The van der Waals surface area contributed by atoms with Crippen LogP contribution in [0.2, 0.25) is 0 Å². The third-order valence-electron chi connectivity index (χ3n) is 2.73. The van der Waals surface area contributed by atoms with Crippen molar-refractivity contribution >= 4 is 10.4 Å². The van der Waals surface area contributed by atoms with Gasteiger partial charge >= 0.3 is 68.6 Å². The van der Waals surface area contributed by atoms with Gasteiger partial charge in [0.1, 0.15) is 0 Å². The molecule has 0 aromatic rings. The molecule has 0 aromatic carbocycles. The van der Waals surface area contributed by atoms with E-state index in [1.165, 1.54) is 44.9 Å². The first kappa shape index (κ1) is 22.0. The van der Waals surface area contributed by atoms with E-state index in [1.807, 2.05) is 0 Å². The number of unbranched alkanes of at least 4 members (excludes halogenated alkanes) is 9. The zero-order valence-corrected chi connectivity index (χ0v) is 17.6. The van der Waals surface area contributed by atoms with Crippen molar-refractivity contribution in [2.45, 2.75) is 71.1 Å². The van der Waals surface area contributed by atoms with Crippen molar-refractivity contribution in [2.75, 3.05) is 6.61 Å². The molecule has 0 aromatic heterocycles. The second kappa shape index (κ2) is 15.1. The van der Waals surface area contributed by atoms with Crippen molar-refractivity contribution in [3.63, 3.8) is 0 Å². The molecule has 0 saturated heterocycles. The van der Waals surface area contributed by atoms with Gasteiger partial charge in [-0.1, -0.05) is 64.7 Å². The van der Waals surface area contributed by atoms with E-state index in [9.17, 15) is 8.42 Å². The molecule has 0 bridgehead atoms. The molecule has 1 N–H and O–H groups in total. The standard InChI is InChI=1S/C12H26O4S.Rb.H/c1-2-3-4-5-6-7-8-9-10-11-12-16-17(13,14)15;;/h2-12H2,1H3,(H,13,14,15);;/q;+1;-1. The Hall–Kier alpha value is 1.68. The van der Waals surface area contributed by atoms with Crippen molar-refractivity contribution in [1.82, 2.24) is 0 Å². The normalized spacial score (nSPS) is 11.2. The average Bonchev–Trinajstić information content (AvgIpc) is 2.24. The fourth-order valence-electron chi connectivity index (χ4n) is 1.75. The van der Waals surface area contributed by atoms with Crippen LogP contribution in [0.3, 0.4) is 0 Å². The molecule has 0 rings (SSSR count). The van der Waals surface area contributed by atoms with Gasteiger partial charge in [-0.25, -0.2) is 4.18 Å². The van der Waals surface area contributed by atoms with E-state index in [4.69, 9.17) is 4.55 Å². The van der Waals surface area contributed by atoms with E-state index >= 15 is 0 Å². The third kappa shape index (κ3) is 20.0. The van der Waals surface area contributed by atoms with Gasteiger partial charge in [-0.2, -0.15) is 8.42 Å². The largest absolute Gasteiger partial charge is 1.00 e. The molecule has 0 atom stereocenters. The van der Waals surface area contributed by atoms with Crippen LogP contribution in [-0.2, 0) is 14.6 Å².